The summed E-state index contributed by atoms with van der Waals surface area (Å²) < 4.78 is 0. The highest BCUT2D eigenvalue weighted by Crippen LogP contribution is 2.27. The van der Waals surface area contributed by atoms with Crippen molar-refractivity contribution in [2.75, 3.05) is 0 Å². The number of rotatable bonds is 0. The molecule has 3 rings (SSSR count). The van der Waals surface area contributed by atoms with Gasteiger partial charge in [0.25, 0.3) is 5.84 Å². The van der Waals surface area contributed by atoms with Gasteiger partial charge in [0, 0.05) is 0 Å². The maximum atomic E-state index is 9.20. The molecule has 0 radical (unpaired) electrons. The van der Waals surface area contributed by atoms with Crippen molar-refractivity contribution >= 4 is 35.5 Å². The number of hydrogen-bond donors (Lipinski definition) is 0. The average Bonchev–Trinajstić information content (AvgIpc) is 2.70. The Labute approximate surface area is 147 Å². The van der Waals surface area contributed by atoms with Gasteiger partial charge in [0.15, 0.2) is 17.5 Å². The van der Waals surface area contributed by atoms with Gasteiger partial charge in [-0.3, -0.25) is 20.0 Å². The molecule has 10 nitrogen and oxygen atoms in total. The van der Waals surface area contributed by atoms with Crippen LogP contribution in [0.25, 0.3) is 9.69 Å². The predicted molar refractivity (Wildman–Crippen MR) is 94.9 cm³/mol. The highest BCUT2D eigenvalue weighted by Gasteiger charge is 2.36. The van der Waals surface area contributed by atoms with Crippen LogP contribution in [0.15, 0.2) is 53.7 Å². The standard InChI is InChI=1S/C16H6N10/c1-19-13-8-23-12-7-24-16(20-2)10(4-18)22-6-11-14(15(12)26-13)25-9(3-17)5-21-11/h5-8,14-15H/b11-6-,12-7-,22-10?,24-16?. The van der Waals surface area contributed by atoms with Gasteiger partial charge in [0.05, 0.1) is 24.3 Å². The fourth-order valence-electron chi connectivity index (χ4n) is 2.25. The Morgan fingerprint density at radius 1 is 0.885 bits per heavy atom. The van der Waals surface area contributed by atoms with Gasteiger partial charge < -0.3 is 9.69 Å². The zero-order valence-corrected chi connectivity index (χ0v) is 12.9. The third-order valence-corrected chi connectivity index (χ3v) is 3.42. The Hall–Kier alpha value is -4.54. The number of nitriles is 2. The van der Waals surface area contributed by atoms with Crippen LogP contribution in [-0.2, 0) is 0 Å². The molecule has 0 aromatic carbocycles. The SMILES string of the molecule is [C-]#[N+]C1=NC2/C(=C/N=C([N+]#[C-])C(C#N)=N/C=C3\N=CC(C#N)=NC32)N=C1. The average molecular weight is 338 g/mol. The molecule has 0 saturated heterocycles. The van der Waals surface area contributed by atoms with Crippen LogP contribution in [0.3, 0.4) is 0 Å². The van der Waals surface area contributed by atoms with Crippen molar-refractivity contribution in [3.05, 3.63) is 46.6 Å². The van der Waals surface area contributed by atoms with Crippen molar-refractivity contribution in [3.8, 4) is 12.1 Å². The second kappa shape index (κ2) is 6.92. The lowest BCUT2D eigenvalue weighted by Gasteiger charge is -2.22. The molecule has 0 aromatic rings. The van der Waals surface area contributed by atoms with Gasteiger partial charge in [-0.1, -0.05) is 13.1 Å². The van der Waals surface area contributed by atoms with E-state index in [4.69, 9.17) is 18.4 Å². The fourth-order valence-corrected chi connectivity index (χ4v) is 2.25. The Kier molecular flexibility index (Phi) is 4.34. The summed E-state index contributed by atoms with van der Waals surface area (Å²) in [7, 11) is 0. The molecule has 10 heteroatoms. The van der Waals surface area contributed by atoms with Crippen molar-refractivity contribution in [3.63, 3.8) is 0 Å². The van der Waals surface area contributed by atoms with Gasteiger partial charge in [-0.05, 0) is 0 Å². The van der Waals surface area contributed by atoms with Crippen LogP contribution in [0.2, 0.25) is 0 Å². The van der Waals surface area contributed by atoms with Crippen LogP contribution in [0.4, 0.5) is 0 Å². The first kappa shape index (κ1) is 16.3. The van der Waals surface area contributed by atoms with Crippen LogP contribution in [0.5, 0.6) is 0 Å². The molecule has 0 aliphatic carbocycles. The molecule has 2 unspecified atom stereocenters. The van der Waals surface area contributed by atoms with E-state index in [-0.39, 0.29) is 23.1 Å². The Morgan fingerprint density at radius 2 is 1.58 bits per heavy atom. The molecule has 0 saturated carbocycles. The highest BCUT2D eigenvalue weighted by atomic mass is 15.1. The molecule has 3 aliphatic rings. The van der Waals surface area contributed by atoms with E-state index in [9.17, 15) is 5.26 Å². The summed E-state index contributed by atoms with van der Waals surface area (Å²) in [6, 6.07) is 2.20. The van der Waals surface area contributed by atoms with Gasteiger partial charge in [0.2, 0.25) is 0 Å². The summed E-state index contributed by atoms with van der Waals surface area (Å²) >= 11 is 0. The number of fused-ring (bicyclic) bond motifs is 3. The quantitative estimate of drug-likeness (QED) is 0.613. The lowest BCUT2D eigenvalue weighted by Crippen LogP contribution is -2.32. The molecular weight excluding hydrogens is 332 g/mol. The maximum absolute atomic E-state index is 9.20. The zero-order valence-electron chi connectivity index (χ0n) is 12.9. The minimum Gasteiger partial charge on any atom is -0.360 e. The molecule has 0 fully saturated rings. The van der Waals surface area contributed by atoms with E-state index in [1.807, 2.05) is 12.1 Å². The van der Waals surface area contributed by atoms with Crippen LogP contribution < -0.4 is 0 Å². The molecule has 0 amide bonds. The van der Waals surface area contributed by atoms with Crippen LogP contribution in [0, 0.1) is 35.8 Å². The molecule has 26 heavy (non-hydrogen) atoms. The van der Waals surface area contributed by atoms with Gasteiger partial charge >= 0.3 is 5.84 Å². The summed E-state index contributed by atoms with van der Waals surface area (Å²) in [6.45, 7) is 14.3. The lowest BCUT2D eigenvalue weighted by molar-refractivity contribution is 0.635. The Morgan fingerprint density at radius 3 is 2.23 bits per heavy atom. The third-order valence-electron chi connectivity index (χ3n) is 3.42. The van der Waals surface area contributed by atoms with Crippen LogP contribution in [-0.4, -0.2) is 47.6 Å². The van der Waals surface area contributed by atoms with E-state index < -0.39 is 12.1 Å². The first-order valence-electron chi connectivity index (χ1n) is 7.05. The second-order valence-electron chi connectivity index (χ2n) is 4.89. The van der Waals surface area contributed by atoms with Crippen molar-refractivity contribution < 1.29 is 0 Å². The smallest absolute Gasteiger partial charge is 0.306 e. The fraction of sp³-hybridized carbons (Fsp3) is 0.125. The molecular formula is C16H6N10. The van der Waals surface area contributed by atoms with E-state index in [0.717, 1.165) is 0 Å². The molecule has 0 N–H and O–H groups in total. The summed E-state index contributed by atoms with van der Waals surface area (Å²) in [6.07, 6.45) is 5.12. The molecule has 0 spiro atoms. The Balaban J connectivity index is 2.24. The second-order valence-corrected chi connectivity index (χ2v) is 4.89. The van der Waals surface area contributed by atoms with Gasteiger partial charge in [-0.25, -0.2) is 0 Å². The largest absolute Gasteiger partial charge is 0.360 e. The number of amidine groups is 2. The van der Waals surface area contributed by atoms with Crippen molar-refractivity contribution in [2.24, 2.45) is 30.0 Å². The summed E-state index contributed by atoms with van der Waals surface area (Å²) in [4.78, 5) is 31.3. The zero-order chi connectivity index (χ0) is 18.5. The van der Waals surface area contributed by atoms with Crippen LogP contribution in [0.1, 0.15) is 0 Å². The molecule has 0 bridgehead atoms. The van der Waals surface area contributed by atoms with Gasteiger partial charge in [-0.2, -0.15) is 10.5 Å². The predicted octanol–water partition coefficient (Wildman–Crippen LogP) is 1.15. The van der Waals surface area contributed by atoms with Crippen molar-refractivity contribution in [2.45, 2.75) is 12.1 Å². The molecule has 2 atom stereocenters. The minimum absolute atomic E-state index is 0.0717. The Bertz CT molecular complexity index is 992. The van der Waals surface area contributed by atoms with E-state index in [1.165, 1.54) is 24.8 Å². The number of hydrogen-bond acceptors (Lipinski definition) is 8. The van der Waals surface area contributed by atoms with E-state index in [2.05, 4.69) is 39.6 Å². The topological polar surface area (TPSA) is 130 Å². The summed E-state index contributed by atoms with van der Waals surface area (Å²) in [5.74, 6) is -0.132. The highest BCUT2D eigenvalue weighted by molar-refractivity contribution is 6.51. The van der Waals surface area contributed by atoms with Gasteiger partial charge in [-0.15, -0.1) is 9.98 Å². The molecule has 0 aromatic heterocycles. The molecule has 3 aliphatic heterocycles. The first-order valence-corrected chi connectivity index (χ1v) is 7.05. The van der Waals surface area contributed by atoms with E-state index in [0.29, 0.717) is 11.4 Å². The van der Waals surface area contributed by atoms with Crippen LogP contribution >= 0.6 is 0 Å². The van der Waals surface area contributed by atoms with Crippen molar-refractivity contribution in [1.29, 1.82) is 10.5 Å². The van der Waals surface area contributed by atoms with Crippen molar-refractivity contribution in [1.82, 2.24) is 0 Å². The van der Waals surface area contributed by atoms with Gasteiger partial charge in [0.1, 0.15) is 30.1 Å². The number of nitrogens with zero attached hydrogens (tertiary/aromatic N) is 10. The number of aliphatic imine (C=N–C) groups is 6. The third kappa shape index (κ3) is 2.94. The molecule has 120 valence electrons. The normalized spacial score (nSPS) is 27.5. The molecule has 3 heterocycles. The summed E-state index contributed by atoms with van der Waals surface area (Å²) in [5, 5.41) is 18.3. The lowest BCUT2D eigenvalue weighted by atomic mass is 10.0. The van der Waals surface area contributed by atoms with E-state index >= 15 is 0 Å². The summed E-state index contributed by atoms with van der Waals surface area (Å²) in [5.41, 5.74) is 0.556. The minimum atomic E-state index is -0.761. The first-order chi connectivity index (χ1) is 12.7. The monoisotopic (exact) mass is 338 g/mol. The van der Waals surface area contributed by atoms with E-state index in [1.54, 1.807) is 0 Å². The maximum Gasteiger partial charge on any atom is 0.306 e.